The van der Waals surface area contributed by atoms with E-state index in [1.807, 2.05) is 24.3 Å². The third-order valence-electron chi connectivity index (χ3n) is 7.10. The fourth-order valence-electron chi connectivity index (χ4n) is 5.23. The molecule has 192 valence electrons. The molecule has 2 aliphatic rings. The van der Waals surface area contributed by atoms with Gasteiger partial charge >= 0.3 is 5.69 Å². The van der Waals surface area contributed by atoms with Crippen LogP contribution in [-0.4, -0.2) is 72.9 Å². The minimum Gasteiger partial charge on any atom is -0.420 e. The number of aromatic amines is 1. The van der Waals surface area contributed by atoms with Crippen molar-refractivity contribution in [1.29, 1.82) is 0 Å². The Morgan fingerprint density at radius 3 is 2.78 bits per heavy atom. The van der Waals surface area contributed by atoms with Crippen LogP contribution in [-0.2, 0) is 11.2 Å². The van der Waals surface area contributed by atoms with Gasteiger partial charge in [-0.3, -0.25) is 14.3 Å². The number of amides is 1. The lowest BCUT2D eigenvalue weighted by Crippen LogP contribution is -2.41. The van der Waals surface area contributed by atoms with Gasteiger partial charge in [0.1, 0.15) is 6.42 Å². The second-order valence-electron chi connectivity index (χ2n) is 9.55. The van der Waals surface area contributed by atoms with Crippen LogP contribution in [0.25, 0.3) is 22.6 Å². The number of nitrogens with zero attached hydrogens (tertiary/aromatic N) is 6. The van der Waals surface area contributed by atoms with Crippen molar-refractivity contribution in [3.63, 3.8) is 0 Å². The summed E-state index contributed by atoms with van der Waals surface area (Å²) in [6.07, 6.45) is 3.34. The Kier molecular flexibility index (Phi) is 6.17. The summed E-state index contributed by atoms with van der Waals surface area (Å²) in [5, 5.41) is 18.6. The summed E-state index contributed by atoms with van der Waals surface area (Å²) in [5.74, 6) is 0.427. The lowest BCUT2D eigenvalue weighted by Gasteiger charge is -2.32. The quantitative estimate of drug-likeness (QED) is 0.407. The van der Waals surface area contributed by atoms with Gasteiger partial charge < -0.3 is 19.3 Å². The van der Waals surface area contributed by atoms with Gasteiger partial charge in [0.05, 0.1) is 11.6 Å². The molecule has 5 heterocycles. The zero-order valence-electron chi connectivity index (χ0n) is 20.0. The van der Waals surface area contributed by atoms with Crippen LogP contribution in [0.3, 0.4) is 0 Å². The van der Waals surface area contributed by atoms with Crippen LogP contribution in [0.15, 0.2) is 45.7 Å². The second kappa shape index (κ2) is 9.64. The summed E-state index contributed by atoms with van der Waals surface area (Å²) in [7, 11) is 0. The van der Waals surface area contributed by atoms with Crippen molar-refractivity contribution in [2.24, 2.45) is 0 Å². The first-order valence-electron chi connectivity index (χ1n) is 12.3. The number of pyridine rings is 1. The molecule has 0 spiro atoms. The number of hydrogen-bond donors (Lipinski definition) is 2. The third kappa shape index (κ3) is 4.72. The first-order valence-corrected chi connectivity index (χ1v) is 12.7. The van der Waals surface area contributed by atoms with Crippen LogP contribution in [0.5, 0.6) is 0 Å². The van der Waals surface area contributed by atoms with Crippen molar-refractivity contribution in [1.82, 2.24) is 29.6 Å². The number of benzene rings is 1. The molecular weight excluding hydrogens is 498 g/mol. The highest BCUT2D eigenvalue weighted by Gasteiger charge is 2.27. The molecule has 11 nitrogen and oxygen atoms in total. The van der Waals surface area contributed by atoms with Gasteiger partial charge in [-0.05, 0) is 49.6 Å². The molecule has 37 heavy (non-hydrogen) atoms. The highest BCUT2D eigenvalue weighted by molar-refractivity contribution is 6.31. The molecule has 12 heteroatoms. The summed E-state index contributed by atoms with van der Waals surface area (Å²) in [6, 6.07) is 9.17. The SMILES string of the molecule is O=C(Cc1nnc(-c2cc(Cl)cc(N3CCC(O)C3)c2)o1)N1CCC(n2c(=O)[nH]c3ncccc32)CC1. The van der Waals surface area contributed by atoms with Crippen LogP contribution >= 0.6 is 11.6 Å². The first kappa shape index (κ1) is 23.7. The molecule has 6 rings (SSSR count). The lowest BCUT2D eigenvalue weighted by atomic mass is 10.0. The predicted molar refractivity (Wildman–Crippen MR) is 136 cm³/mol. The highest BCUT2D eigenvalue weighted by Crippen LogP contribution is 2.31. The smallest absolute Gasteiger partial charge is 0.327 e. The number of aromatic nitrogens is 5. The normalized spacial score (nSPS) is 18.7. The summed E-state index contributed by atoms with van der Waals surface area (Å²) >= 11 is 6.33. The summed E-state index contributed by atoms with van der Waals surface area (Å²) < 4.78 is 7.56. The molecule has 3 aromatic heterocycles. The number of carbonyl (C=O) groups is 1. The standard InChI is InChI=1S/C25H26ClN7O4/c26-16-10-15(11-18(12-16)32-9-5-19(34)14-32)24-30-29-21(37-24)13-22(35)31-7-3-17(4-8-31)33-20-2-1-6-27-23(20)28-25(33)36/h1-2,6,10-12,17,19,34H,3-5,7-9,13-14H2,(H,27,28,36). The van der Waals surface area contributed by atoms with E-state index in [1.165, 1.54) is 0 Å². The number of β-amino-alcohol motifs (C(OH)–C–C–N with tert-alkyl or cyclic N) is 1. The Balaban J connectivity index is 1.11. The number of fused-ring (bicyclic) bond motifs is 1. The maximum absolute atomic E-state index is 13.0. The van der Waals surface area contributed by atoms with Crippen molar-refractivity contribution in [2.45, 2.75) is 37.8 Å². The molecule has 2 N–H and O–H groups in total. The predicted octanol–water partition coefficient (Wildman–Crippen LogP) is 2.41. The van der Waals surface area contributed by atoms with Crippen LogP contribution in [0, 0.1) is 0 Å². The topological polar surface area (TPSA) is 133 Å². The largest absolute Gasteiger partial charge is 0.420 e. The zero-order valence-corrected chi connectivity index (χ0v) is 20.8. The molecule has 2 fully saturated rings. The van der Waals surface area contributed by atoms with E-state index < -0.39 is 0 Å². The molecule has 1 unspecified atom stereocenters. The Labute approximate surface area is 216 Å². The van der Waals surface area contributed by atoms with Gasteiger partial charge in [-0.2, -0.15) is 0 Å². The number of likely N-dealkylation sites (tertiary alicyclic amines) is 1. The lowest BCUT2D eigenvalue weighted by molar-refractivity contribution is -0.132. The van der Waals surface area contributed by atoms with Crippen molar-refractivity contribution in [2.75, 3.05) is 31.1 Å². The number of aliphatic hydroxyl groups excluding tert-OH is 1. The van der Waals surface area contributed by atoms with Gasteiger partial charge in [-0.1, -0.05) is 11.6 Å². The molecule has 0 bridgehead atoms. The maximum atomic E-state index is 13.0. The number of nitrogens with one attached hydrogen (secondary N) is 1. The molecule has 1 amide bonds. The number of H-pyrrole nitrogens is 1. The number of halogens is 1. The van der Waals surface area contributed by atoms with Gasteiger partial charge in [0, 0.05) is 54.7 Å². The van der Waals surface area contributed by atoms with Crippen molar-refractivity contribution >= 4 is 34.4 Å². The fourth-order valence-corrected chi connectivity index (χ4v) is 5.46. The maximum Gasteiger partial charge on any atom is 0.327 e. The molecule has 4 aromatic rings. The molecule has 2 saturated heterocycles. The number of imidazole rings is 1. The average Bonchev–Trinajstić information content (AvgIpc) is 3.62. The Bertz CT molecular complexity index is 1500. The van der Waals surface area contributed by atoms with Gasteiger partial charge in [-0.25, -0.2) is 9.78 Å². The van der Waals surface area contributed by atoms with E-state index in [9.17, 15) is 14.7 Å². The van der Waals surface area contributed by atoms with Gasteiger partial charge in [-0.15, -0.1) is 10.2 Å². The molecule has 2 aliphatic heterocycles. The number of hydrogen-bond acceptors (Lipinski definition) is 8. The van der Waals surface area contributed by atoms with Crippen molar-refractivity contribution in [3.8, 4) is 11.5 Å². The van der Waals surface area contributed by atoms with E-state index in [0.29, 0.717) is 55.1 Å². The third-order valence-corrected chi connectivity index (χ3v) is 7.32. The van der Waals surface area contributed by atoms with Gasteiger partial charge in [0.2, 0.25) is 17.7 Å². The zero-order chi connectivity index (χ0) is 25.5. The molecule has 1 atom stereocenters. The van der Waals surface area contributed by atoms with E-state index in [2.05, 4.69) is 25.1 Å². The summed E-state index contributed by atoms with van der Waals surface area (Å²) in [4.78, 5) is 36.3. The van der Waals surface area contributed by atoms with Crippen molar-refractivity contribution < 1.29 is 14.3 Å². The first-order chi connectivity index (χ1) is 17.9. The van der Waals surface area contributed by atoms with E-state index in [0.717, 1.165) is 17.7 Å². The van der Waals surface area contributed by atoms with Crippen LogP contribution in [0.4, 0.5) is 5.69 Å². The number of rotatable bonds is 5. The van der Waals surface area contributed by atoms with Gasteiger partial charge in [0.15, 0.2) is 5.65 Å². The number of aliphatic hydroxyl groups is 1. The Morgan fingerprint density at radius 1 is 1.16 bits per heavy atom. The fraction of sp³-hybridized carbons (Fsp3) is 0.400. The molecule has 0 aliphatic carbocycles. The molecule has 1 aromatic carbocycles. The van der Waals surface area contributed by atoms with Crippen LogP contribution in [0.2, 0.25) is 5.02 Å². The van der Waals surface area contributed by atoms with Gasteiger partial charge in [0.25, 0.3) is 0 Å². The second-order valence-corrected chi connectivity index (χ2v) is 9.98. The minimum atomic E-state index is -0.353. The molecule has 0 radical (unpaired) electrons. The van der Waals surface area contributed by atoms with E-state index in [1.54, 1.807) is 21.7 Å². The number of anilines is 1. The van der Waals surface area contributed by atoms with Crippen LogP contribution < -0.4 is 10.6 Å². The summed E-state index contributed by atoms with van der Waals surface area (Å²) in [5.41, 5.74) is 2.71. The highest BCUT2D eigenvalue weighted by atomic mass is 35.5. The summed E-state index contributed by atoms with van der Waals surface area (Å²) in [6.45, 7) is 2.35. The minimum absolute atomic E-state index is 0.000358. The average molecular weight is 524 g/mol. The number of carbonyl (C=O) groups excluding carboxylic acids is 1. The number of piperidine rings is 1. The Morgan fingerprint density at radius 2 is 2.00 bits per heavy atom. The Hall–Kier alpha value is -3.70. The van der Waals surface area contributed by atoms with Crippen LogP contribution in [0.1, 0.15) is 31.2 Å². The van der Waals surface area contributed by atoms with E-state index in [-0.39, 0.29) is 41.9 Å². The molecular formula is C25H26ClN7O4. The van der Waals surface area contributed by atoms with Crippen molar-refractivity contribution in [3.05, 3.63) is 57.9 Å². The van der Waals surface area contributed by atoms with E-state index in [4.69, 9.17) is 16.0 Å². The monoisotopic (exact) mass is 523 g/mol. The molecule has 0 saturated carbocycles. The van der Waals surface area contributed by atoms with E-state index >= 15 is 0 Å².